The molecule has 2 heteroatoms. The third kappa shape index (κ3) is 4.89. The number of unbranched alkanes of at least 4 members (excludes halogenated alkanes) is 6. The second-order valence-corrected chi connectivity index (χ2v) is 8.11. The number of hydrogen-bond donors (Lipinski definition) is 0. The van der Waals surface area contributed by atoms with Crippen molar-refractivity contribution in [1.29, 1.82) is 0 Å². The Bertz CT molecular complexity index is 419. The third-order valence-electron chi connectivity index (χ3n) is 3.86. The van der Waals surface area contributed by atoms with Crippen LogP contribution in [-0.4, -0.2) is 0 Å². The lowest BCUT2D eigenvalue weighted by Crippen LogP contribution is -1.81. The van der Waals surface area contributed by atoms with E-state index >= 15 is 0 Å². The topological polar surface area (TPSA) is 0 Å². The minimum atomic E-state index is 1.29. The van der Waals surface area contributed by atoms with E-state index in [0.29, 0.717) is 0 Å². The maximum Gasteiger partial charge on any atom is 0.0456 e. The smallest absolute Gasteiger partial charge is 0.0456 e. The fraction of sp³-hybridized carbons (Fsp3) is 0.667. The standard InChI is InChI=1S/C18H28S2/c1-3-5-7-9-11-15-13-17-18(19-15)14-16(20-17)12-10-8-6-4-2/h13-14H,3-12H2,1-2H3. The molecule has 0 aliphatic heterocycles. The summed E-state index contributed by atoms with van der Waals surface area (Å²) in [6.45, 7) is 4.56. The molecular weight excluding hydrogens is 280 g/mol. The number of aryl methyl sites for hydroxylation is 2. The Morgan fingerprint density at radius 3 is 1.50 bits per heavy atom. The van der Waals surface area contributed by atoms with Gasteiger partial charge in [0.25, 0.3) is 0 Å². The van der Waals surface area contributed by atoms with Gasteiger partial charge in [0.2, 0.25) is 0 Å². The highest BCUT2D eigenvalue weighted by Crippen LogP contribution is 2.34. The summed E-state index contributed by atoms with van der Waals surface area (Å²) in [7, 11) is 0. The van der Waals surface area contributed by atoms with Crippen LogP contribution in [0.4, 0.5) is 0 Å². The average Bonchev–Trinajstić information content (AvgIpc) is 2.98. The first-order valence-electron chi connectivity index (χ1n) is 8.34. The van der Waals surface area contributed by atoms with Crippen LogP contribution >= 0.6 is 22.7 Å². The van der Waals surface area contributed by atoms with Gasteiger partial charge in [-0.2, -0.15) is 0 Å². The molecular formula is C18H28S2. The quantitative estimate of drug-likeness (QED) is 0.407. The number of fused-ring (bicyclic) bond motifs is 1. The first-order valence-corrected chi connectivity index (χ1v) is 9.98. The molecule has 2 heterocycles. The highest BCUT2D eigenvalue weighted by atomic mass is 32.1. The Kier molecular flexibility index (Phi) is 7.09. The zero-order chi connectivity index (χ0) is 14.2. The van der Waals surface area contributed by atoms with Crippen LogP contribution in [0.2, 0.25) is 0 Å². The van der Waals surface area contributed by atoms with Gasteiger partial charge in [-0.15, -0.1) is 22.7 Å². The van der Waals surface area contributed by atoms with Gasteiger partial charge >= 0.3 is 0 Å². The Morgan fingerprint density at radius 2 is 1.10 bits per heavy atom. The third-order valence-corrected chi connectivity index (χ3v) is 6.28. The number of rotatable bonds is 10. The van der Waals surface area contributed by atoms with E-state index in [-0.39, 0.29) is 0 Å². The average molecular weight is 309 g/mol. The predicted molar refractivity (Wildman–Crippen MR) is 95.4 cm³/mol. The lowest BCUT2D eigenvalue weighted by atomic mass is 10.1. The summed E-state index contributed by atoms with van der Waals surface area (Å²) in [4.78, 5) is 3.19. The lowest BCUT2D eigenvalue weighted by molar-refractivity contribution is 0.670. The van der Waals surface area contributed by atoms with E-state index < -0.39 is 0 Å². The minimum absolute atomic E-state index is 1.29. The SMILES string of the molecule is CCCCCCc1cc2sc(CCCCCC)cc2s1. The molecule has 0 aliphatic carbocycles. The Balaban J connectivity index is 1.81. The van der Waals surface area contributed by atoms with Crippen molar-refractivity contribution in [2.75, 3.05) is 0 Å². The molecule has 0 radical (unpaired) electrons. The molecule has 0 spiro atoms. The monoisotopic (exact) mass is 308 g/mol. The van der Waals surface area contributed by atoms with E-state index in [2.05, 4.69) is 26.0 Å². The van der Waals surface area contributed by atoms with Crippen molar-refractivity contribution in [3.63, 3.8) is 0 Å². The summed E-state index contributed by atoms with van der Waals surface area (Å²) in [6, 6.07) is 4.90. The van der Waals surface area contributed by atoms with E-state index in [1.54, 1.807) is 9.75 Å². The van der Waals surface area contributed by atoms with Gasteiger partial charge in [-0.25, -0.2) is 0 Å². The van der Waals surface area contributed by atoms with E-state index in [9.17, 15) is 0 Å². The molecule has 2 aromatic heterocycles. The molecule has 0 amide bonds. The fourth-order valence-corrected chi connectivity index (χ4v) is 5.17. The van der Waals surface area contributed by atoms with Crippen molar-refractivity contribution in [2.45, 2.75) is 78.1 Å². The highest BCUT2D eigenvalue weighted by molar-refractivity contribution is 7.27. The summed E-state index contributed by atoms with van der Waals surface area (Å²) in [5.74, 6) is 0. The molecule has 0 saturated carbocycles. The number of thiophene rings is 2. The van der Waals surface area contributed by atoms with E-state index in [4.69, 9.17) is 0 Å². The molecule has 0 atom stereocenters. The van der Waals surface area contributed by atoms with Crippen LogP contribution in [0.1, 0.15) is 75.0 Å². The lowest BCUT2D eigenvalue weighted by Gasteiger charge is -1.97. The summed E-state index contributed by atoms with van der Waals surface area (Å²) >= 11 is 4.06. The van der Waals surface area contributed by atoms with E-state index in [1.807, 2.05) is 22.7 Å². The van der Waals surface area contributed by atoms with Gasteiger partial charge in [-0.3, -0.25) is 0 Å². The maximum absolute atomic E-state index is 2.45. The maximum atomic E-state index is 2.45. The van der Waals surface area contributed by atoms with Crippen LogP contribution in [-0.2, 0) is 12.8 Å². The second kappa shape index (κ2) is 8.84. The first kappa shape index (κ1) is 16.0. The number of hydrogen-bond acceptors (Lipinski definition) is 2. The molecule has 2 rings (SSSR count). The van der Waals surface area contributed by atoms with Gasteiger partial charge in [-0.05, 0) is 37.8 Å². The molecule has 0 saturated heterocycles. The van der Waals surface area contributed by atoms with Gasteiger partial charge in [-0.1, -0.05) is 52.4 Å². The Morgan fingerprint density at radius 1 is 0.650 bits per heavy atom. The van der Waals surface area contributed by atoms with Crippen LogP contribution < -0.4 is 0 Å². The highest BCUT2D eigenvalue weighted by Gasteiger charge is 2.06. The van der Waals surface area contributed by atoms with Gasteiger partial charge in [0.05, 0.1) is 0 Å². The van der Waals surface area contributed by atoms with Gasteiger partial charge in [0, 0.05) is 19.2 Å². The van der Waals surface area contributed by atoms with Crippen LogP contribution in [0.15, 0.2) is 12.1 Å². The molecule has 0 nitrogen and oxygen atoms in total. The van der Waals surface area contributed by atoms with Crippen molar-refractivity contribution >= 4 is 32.1 Å². The fourth-order valence-electron chi connectivity index (χ4n) is 2.63. The van der Waals surface area contributed by atoms with Gasteiger partial charge in [0.15, 0.2) is 0 Å². The minimum Gasteiger partial charge on any atom is -0.139 e. The molecule has 0 aromatic carbocycles. The normalized spacial score (nSPS) is 11.5. The molecule has 0 bridgehead atoms. The second-order valence-electron chi connectivity index (χ2n) is 5.78. The predicted octanol–water partition coefficient (Wildman–Crippen LogP) is 7.21. The van der Waals surface area contributed by atoms with Crippen molar-refractivity contribution in [3.05, 3.63) is 21.9 Å². The summed E-state index contributed by atoms with van der Waals surface area (Å²) in [6.07, 6.45) is 13.5. The Hall–Kier alpha value is -0.340. The first-order chi connectivity index (χ1) is 9.83. The van der Waals surface area contributed by atoms with Gasteiger partial charge in [0.1, 0.15) is 0 Å². The molecule has 20 heavy (non-hydrogen) atoms. The largest absolute Gasteiger partial charge is 0.139 e. The van der Waals surface area contributed by atoms with E-state index in [0.717, 1.165) is 0 Å². The van der Waals surface area contributed by atoms with Crippen molar-refractivity contribution in [1.82, 2.24) is 0 Å². The van der Waals surface area contributed by atoms with Crippen LogP contribution in [0, 0.1) is 0 Å². The van der Waals surface area contributed by atoms with Crippen LogP contribution in [0.25, 0.3) is 9.40 Å². The molecule has 0 aliphatic rings. The Labute approximate surface area is 132 Å². The molecule has 112 valence electrons. The zero-order valence-electron chi connectivity index (χ0n) is 13.0. The molecule has 2 aromatic rings. The summed E-state index contributed by atoms with van der Waals surface area (Å²) in [5, 5.41) is 0. The molecule has 0 N–H and O–H groups in total. The van der Waals surface area contributed by atoms with Gasteiger partial charge < -0.3 is 0 Å². The molecule has 0 fully saturated rings. The van der Waals surface area contributed by atoms with Crippen molar-refractivity contribution < 1.29 is 0 Å². The summed E-state index contributed by atoms with van der Waals surface area (Å²) in [5.41, 5.74) is 0. The van der Waals surface area contributed by atoms with Crippen LogP contribution in [0.3, 0.4) is 0 Å². The zero-order valence-corrected chi connectivity index (χ0v) is 14.7. The summed E-state index contributed by atoms with van der Waals surface area (Å²) < 4.78 is 3.07. The van der Waals surface area contributed by atoms with E-state index in [1.165, 1.54) is 73.6 Å². The molecule has 0 unspecified atom stereocenters. The van der Waals surface area contributed by atoms with Crippen LogP contribution in [0.5, 0.6) is 0 Å². The van der Waals surface area contributed by atoms with Crippen molar-refractivity contribution in [3.8, 4) is 0 Å². The van der Waals surface area contributed by atoms with Crippen molar-refractivity contribution in [2.24, 2.45) is 0 Å².